The topological polar surface area (TPSA) is 76.2 Å². The molecule has 0 aliphatic heterocycles. The SMILES string of the molecule is Cc1noc(CC2(CC(=O)O)CCCC2)n1. The lowest BCUT2D eigenvalue weighted by Gasteiger charge is -2.24. The lowest BCUT2D eigenvalue weighted by Crippen LogP contribution is -2.23. The lowest BCUT2D eigenvalue weighted by atomic mass is 9.79. The number of aromatic nitrogens is 2. The van der Waals surface area contributed by atoms with Gasteiger partial charge >= 0.3 is 5.97 Å². The van der Waals surface area contributed by atoms with Gasteiger partial charge in [0.25, 0.3) is 0 Å². The van der Waals surface area contributed by atoms with Crippen LogP contribution in [0.3, 0.4) is 0 Å². The fraction of sp³-hybridized carbons (Fsp3) is 0.727. The first-order valence-corrected chi connectivity index (χ1v) is 5.61. The summed E-state index contributed by atoms with van der Waals surface area (Å²) in [6.45, 7) is 1.77. The molecule has 0 bridgehead atoms. The Kier molecular flexibility index (Phi) is 2.94. The van der Waals surface area contributed by atoms with Crippen LogP contribution in [0.4, 0.5) is 0 Å². The Balaban J connectivity index is 2.10. The normalized spacial score (nSPS) is 18.8. The van der Waals surface area contributed by atoms with E-state index in [1.165, 1.54) is 0 Å². The van der Waals surface area contributed by atoms with Gasteiger partial charge < -0.3 is 9.63 Å². The lowest BCUT2D eigenvalue weighted by molar-refractivity contribution is -0.139. The molecule has 1 aliphatic carbocycles. The second-order valence-electron chi connectivity index (χ2n) is 4.69. The molecule has 0 atom stereocenters. The molecule has 88 valence electrons. The fourth-order valence-electron chi connectivity index (χ4n) is 2.59. The highest BCUT2D eigenvalue weighted by Crippen LogP contribution is 2.43. The van der Waals surface area contributed by atoms with Crippen LogP contribution >= 0.6 is 0 Å². The fourth-order valence-corrected chi connectivity index (χ4v) is 2.59. The highest BCUT2D eigenvalue weighted by atomic mass is 16.5. The predicted octanol–water partition coefficient (Wildman–Crippen LogP) is 1.96. The van der Waals surface area contributed by atoms with E-state index in [0.29, 0.717) is 18.1 Å². The summed E-state index contributed by atoms with van der Waals surface area (Å²) in [6.07, 6.45) is 4.89. The van der Waals surface area contributed by atoms with Crippen molar-refractivity contribution in [1.29, 1.82) is 0 Å². The van der Waals surface area contributed by atoms with Gasteiger partial charge in [-0.15, -0.1) is 0 Å². The molecule has 1 aromatic rings. The summed E-state index contributed by atoms with van der Waals surface area (Å²) >= 11 is 0. The van der Waals surface area contributed by atoms with E-state index in [2.05, 4.69) is 10.1 Å². The van der Waals surface area contributed by atoms with E-state index in [0.717, 1.165) is 25.7 Å². The van der Waals surface area contributed by atoms with Gasteiger partial charge in [0, 0.05) is 6.42 Å². The van der Waals surface area contributed by atoms with Crippen LogP contribution in [-0.4, -0.2) is 21.2 Å². The third-order valence-electron chi connectivity index (χ3n) is 3.29. The standard InChI is InChI=1S/C11H16N2O3/c1-8-12-9(16-13-8)6-11(7-10(14)15)4-2-3-5-11/h2-7H2,1H3,(H,14,15). The van der Waals surface area contributed by atoms with E-state index in [1.807, 2.05) is 0 Å². The third-order valence-corrected chi connectivity index (χ3v) is 3.29. The Hall–Kier alpha value is -1.39. The van der Waals surface area contributed by atoms with Crippen LogP contribution in [0, 0.1) is 12.3 Å². The number of carboxylic acids is 1. The van der Waals surface area contributed by atoms with Crippen LogP contribution in [0.1, 0.15) is 43.8 Å². The van der Waals surface area contributed by atoms with E-state index < -0.39 is 5.97 Å². The van der Waals surface area contributed by atoms with Gasteiger partial charge in [-0.25, -0.2) is 0 Å². The minimum absolute atomic E-state index is 0.162. The molecule has 1 heterocycles. The zero-order valence-corrected chi connectivity index (χ0v) is 9.40. The van der Waals surface area contributed by atoms with Crippen LogP contribution in [0.25, 0.3) is 0 Å². The average molecular weight is 224 g/mol. The Morgan fingerprint density at radius 1 is 1.50 bits per heavy atom. The molecule has 0 unspecified atom stereocenters. The number of carbonyl (C=O) groups is 1. The summed E-state index contributed by atoms with van der Waals surface area (Å²) in [7, 11) is 0. The van der Waals surface area contributed by atoms with Crippen molar-refractivity contribution in [3.05, 3.63) is 11.7 Å². The van der Waals surface area contributed by atoms with E-state index in [9.17, 15) is 4.79 Å². The Morgan fingerprint density at radius 3 is 2.69 bits per heavy atom. The van der Waals surface area contributed by atoms with E-state index >= 15 is 0 Å². The molecule has 5 heteroatoms. The quantitative estimate of drug-likeness (QED) is 0.845. The number of aryl methyl sites for hydroxylation is 1. The molecule has 0 radical (unpaired) electrons. The van der Waals surface area contributed by atoms with Gasteiger partial charge in [-0.05, 0) is 25.2 Å². The summed E-state index contributed by atoms with van der Waals surface area (Å²) in [4.78, 5) is 15.0. The Morgan fingerprint density at radius 2 is 2.19 bits per heavy atom. The van der Waals surface area contributed by atoms with Crippen LogP contribution in [0.15, 0.2) is 4.52 Å². The Bertz CT molecular complexity index is 380. The van der Waals surface area contributed by atoms with Gasteiger partial charge in [0.15, 0.2) is 5.82 Å². The molecular weight excluding hydrogens is 208 g/mol. The zero-order chi connectivity index (χ0) is 11.6. The number of carboxylic acid groups (broad SMARTS) is 1. The molecule has 1 N–H and O–H groups in total. The van der Waals surface area contributed by atoms with Gasteiger partial charge in [-0.2, -0.15) is 4.98 Å². The average Bonchev–Trinajstić information content (AvgIpc) is 2.76. The zero-order valence-electron chi connectivity index (χ0n) is 9.40. The van der Waals surface area contributed by atoms with E-state index in [4.69, 9.17) is 9.63 Å². The van der Waals surface area contributed by atoms with Gasteiger partial charge in [0.2, 0.25) is 5.89 Å². The Labute approximate surface area is 93.9 Å². The first-order valence-electron chi connectivity index (χ1n) is 5.61. The number of hydrogen-bond donors (Lipinski definition) is 1. The molecule has 1 aliphatic rings. The molecule has 1 saturated carbocycles. The van der Waals surface area contributed by atoms with E-state index in [-0.39, 0.29) is 11.8 Å². The molecule has 16 heavy (non-hydrogen) atoms. The smallest absolute Gasteiger partial charge is 0.303 e. The molecule has 5 nitrogen and oxygen atoms in total. The largest absolute Gasteiger partial charge is 0.481 e. The molecular formula is C11H16N2O3. The van der Waals surface area contributed by atoms with Gasteiger partial charge in [-0.1, -0.05) is 18.0 Å². The summed E-state index contributed by atoms with van der Waals surface area (Å²) in [6, 6.07) is 0. The second kappa shape index (κ2) is 4.23. The monoisotopic (exact) mass is 224 g/mol. The van der Waals surface area contributed by atoms with Crippen LogP contribution in [-0.2, 0) is 11.2 Å². The highest BCUT2D eigenvalue weighted by Gasteiger charge is 2.37. The maximum atomic E-state index is 10.9. The minimum atomic E-state index is -0.738. The summed E-state index contributed by atoms with van der Waals surface area (Å²) in [5.74, 6) is 0.442. The number of nitrogens with zero attached hydrogens (tertiary/aromatic N) is 2. The number of rotatable bonds is 4. The van der Waals surface area contributed by atoms with Crippen LogP contribution in [0.2, 0.25) is 0 Å². The maximum absolute atomic E-state index is 10.9. The van der Waals surface area contributed by atoms with Crippen molar-refractivity contribution < 1.29 is 14.4 Å². The highest BCUT2D eigenvalue weighted by molar-refractivity contribution is 5.67. The van der Waals surface area contributed by atoms with Crippen molar-refractivity contribution in [3.8, 4) is 0 Å². The summed E-state index contributed by atoms with van der Waals surface area (Å²) < 4.78 is 5.08. The van der Waals surface area contributed by atoms with Gasteiger partial charge in [0.1, 0.15) is 0 Å². The van der Waals surface area contributed by atoms with Gasteiger partial charge in [-0.3, -0.25) is 4.79 Å². The third kappa shape index (κ3) is 2.40. The first-order chi connectivity index (χ1) is 7.60. The van der Waals surface area contributed by atoms with Crippen molar-refractivity contribution in [2.75, 3.05) is 0 Å². The maximum Gasteiger partial charge on any atom is 0.303 e. The number of hydrogen-bond acceptors (Lipinski definition) is 4. The molecule has 0 spiro atoms. The van der Waals surface area contributed by atoms with Crippen molar-refractivity contribution in [3.63, 3.8) is 0 Å². The van der Waals surface area contributed by atoms with Crippen LogP contribution < -0.4 is 0 Å². The number of aliphatic carboxylic acids is 1. The van der Waals surface area contributed by atoms with Crippen molar-refractivity contribution in [2.24, 2.45) is 5.41 Å². The molecule has 1 aromatic heterocycles. The molecule has 0 aromatic carbocycles. The first kappa shape index (κ1) is 11.1. The molecule has 1 fully saturated rings. The molecule has 2 rings (SSSR count). The van der Waals surface area contributed by atoms with Crippen molar-refractivity contribution >= 4 is 5.97 Å². The minimum Gasteiger partial charge on any atom is -0.481 e. The molecule has 0 amide bonds. The predicted molar refractivity (Wildman–Crippen MR) is 55.9 cm³/mol. The second-order valence-corrected chi connectivity index (χ2v) is 4.69. The summed E-state index contributed by atoms with van der Waals surface area (Å²) in [5, 5.41) is 12.7. The van der Waals surface area contributed by atoms with Crippen molar-refractivity contribution in [1.82, 2.24) is 10.1 Å². The van der Waals surface area contributed by atoms with Crippen LogP contribution in [0.5, 0.6) is 0 Å². The van der Waals surface area contributed by atoms with E-state index in [1.54, 1.807) is 6.92 Å². The summed E-state index contributed by atoms with van der Waals surface area (Å²) in [5.41, 5.74) is -0.162. The van der Waals surface area contributed by atoms with Crippen molar-refractivity contribution in [2.45, 2.75) is 45.4 Å². The van der Waals surface area contributed by atoms with Gasteiger partial charge in [0.05, 0.1) is 6.42 Å². The molecule has 0 saturated heterocycles.